The van der Waals surface area contributed by atoms with Crippen molar-refractivity contribution in [2.45, 2.75) is 31.8 Å². The van der Waals surface area contributed by atoms with E-state index in [-0.39, 0.29) is 5.91 Å². The maximum atomic E-state index is 12.3. The van der Waals surface area contributed by atoms with E-state index in [1.165, 1.54) is 4.31 Å². The van der Waals surface area contributed by atoms with E-state index >= 15 is 0 Å². The summed E-state index contributed by atoms with van der Waals surface area (Å²) in [7, 11) is -1.76. The number of rotatable bonds is 5. The first-order valence-electron chi connectivity index (χ1n) is 7.29. The Hall–Kier alpha value is -1.60. The number of carbonyl (C=O) groups excluding carboxylic acids is 1. The van der Waals surface area contributed by atoms with Crippen LogP contribution in [0.3, 0.4) is 0 Å². The normalized spacial score (nSPS) is 19.6. The summed E-state index contributed by atoms with van der Waals surface area (Å²) in [5, 5.41) is 2.82. The lowest BCUT2D eigenvalue weighted by atomic mass is 10.0. The Morgan fingerprint density at radius 3 is 2.59 bits per heavy atom. The number of amides is 1. The van der Waals surface area contributed by atoms with E-state index in [0.29, 0.717) is 19.5 Å². The molecule has 7 heteroatoms. The molecule has 2 rings (SSSR count). The third-order valence-electron chi connectivity index (χ3n) is 3.81. The van der Waals surface area contributed by atoms with Crippen LogP contribution in [0.4, 0.5) is 0 Å². The quantitative estimate of drug-likeness (QED) is 0.880. The second kappa shape index (κ2) is 7.11. The van der Waals surface area contributed by atoms with Crippen LogP contribution in [-0.2, 0) is 21.4 Å². The zero-order chi connectivity index (χ0) is 16.2. The van der Waals surface area contributed by atoms with Crippen LogP contribution in [0.1, 0.15) is 24.8 Å². The molecule has 1 fully saturated rings. The van der Waals surface area contributed by atoms with Crippen LogP contribution in [0, 0.1) is 0 Å². The fourth-order valence-corrected chi connectivity index (χ4v) is 3.74. The molecule has 0 aromatic heterocycles. The average molecular weight is 326 g/mol. The van der Waals surface area contributed by atoms with Crippen LogP contribution in [0.5, 0.6) is 5.75 Å². The molecule has 1 amide bonds. The summed E-state index contributed by atoms with van der Waals surface area (Å²) in [5.74, 6) is 0.520. The first kappa shape index (κ1) is 16.8. The summed E-state index contributed by atoms with van der Waals surface area (Å²) in [5.41, 5.74) is 0.941. The van der Waals surface area contributed by atoms with E-state index in [4.69, 9.17) is 4.74 Å². The van der Waals surface area contributed by atoms with Crippen molar-refractivity contribution in [2.75, 3.05) is 19.9 Å². The molecule has 0 radical (unpaired) electrons. The molecule has 6 nitrogen and oxygen atoms in total. The molecule has 0 saturated carbocycles. The van der Waals surface area contributed by atoms with Crippen molar-refractivity contribution in [3.63, 3.8) is 0 Å². The fourth-order valence-electron chi connectivity index (χ4n) is 2.61. The molecule has 0 aliphatic carbocycles. The molecule has 1 aromatic rings. The lowest BCUT2D eigenvalue weighted by molar-refractivity contribution is -0.125. The van der Waals surface area contributed by atoms with Gasteiger partial charge in [-0.05, 0) is 30.5 Å². The Labute approximate surface area is 131 Å². The van der Waals surface area contributed by atoms with Gasteiger partial charge >= 0.3 is 0 Å². The minimum Gasteiger partial charge on any atom is -0.497 e. The number of hydrogen-bond donors (Lipinski definition) is 1. The lowest BCUT2D eigenvalue weighted by Crippen LogP contribution is -2.51. The van der Waals surface area contributed by atoms with Gasteiger partial charge in [-0.1, -0.05) is 18.6 Å². The van der Waals surface area contributed by atoms with Gasteiger partial charge in [0.2, 0.25) is 15.9 Å². The molecular formula is C15H22N2O4S. The molecule has 1 atom stereocenters. The summed E-state index contributed by atoms with van der Waals surface area (Å²) in [6.07, 6.45) is 3.39. The zero-order valence-electron chi connectivity index (χ0n) is 12.9. The zero-order valence-corrected chi connectivity index (χ0v) is 13.7. The van der Waals surface area contributed by atoms with Crippen molar-refractivity contribution in [3.8, 4) is 5.75 Å². The first-order chi connectivity index (χ1) is 10.4. The molecule has 0 bridgehead atoms. The first-order valence-corrected chi connectivity index (χ1v) is 9.14. The molecule has 1 heterocycles. The van der Waals surface area contributed by atoms with Gasteiger partial charge in [0.15, 0.2) is 0 Å². The maximum absolute atomic E-state index is 12.3. The van der Waals surface area contributed by atoms with E-state index in [0.717, 1.165) is 30.4 Å². The van der Waals surface area contributed by atoms with Gasteiger partial charge in [-0.25, -0.2) is 8.42 Å². The van der Waals surface area contributed by atoms with Gasteiger partial charge in [-0.15, -0.1) is 0 Å². The topological polar surface area (TPSA) is 75.7 Å². The third-order valence-corrected chi connectivity index (χ3v) is 5.10. The summed E-state index contributed by atoms with van der Waals surface area (Å²) in [4.78, 5) is 12.3. The molecular weight excluding hydrogens is 304 g/mol. The van der Waals surface area contributed by atoms with Crippen molar-refractivity contribution < 1.29 is 17.9 Å². The highest BCUT2D eigenvalue weighted by molar-refractivity contribution is 7.88. The number of nitrogens with one attached hydrogen (secondary N) is 1. The van der Waals surface area contributed by atoms with Crippen molar-refractivity contribution in [3.05, 3.63) is 29.8 Å². The van der Waals surface area contributed by atoms with E-state index in [1.807, 2.05) is 24.3 Å². The minimum atomic E-state index is -3.36. The minimum absolute atomic E-state index is 0.235. The summed E-state index contributed by atoms with van der Waals surface area (Å²) in [6, 6.07) is 6.79. The predicted octanol–water partition coefficient (Wildman–Crippen LogP) is 1.13. The van der Waals surface area contributed by atoms with E-state index in [9.17, 15) is 13.2 Å². The standard InChI is InChI=1S/C15H22N2O4S/c1-21-13-8-6-12(7-9-13)11-16-15(18)14-5-3-4-10-17(14)22(2,19)20/h6-9,14H,3-5,10-11H2,1-2H3,(H,16,18). The van der Waals surface area contributed by atoms with Crippen LogP contribution in [0.2, 0.25) is 0 Å². The molecule has 1 aliphatic rings. The molecule has 1 N–H and O–H groups in total. The van der Waals surface area contributed by atoms with Gasteiger partial charge in [0.25, 0.3) is 0 Å². The van der Waals surface area contributed by atoms with Gasteiger partial charge in [0.1, 0.15) is 11.8 Å². The molecule has 22 heavy (non-hydrogen) atoms. The Morgan fingerprint density at radius 2 is 2.00 bits per heavy atom. The van der Waals surface area contributed by atoms with Crippen LogP contribution in [0.15, 0.2) is 24.3 Å². The highest BCUT2D eigenvalue weighted by Gasteiger charge is 2.34. The van der Waals surface area contributed by atoms with E-state index < -0.39 is 16.1 Å². The third kappa shape index (κ3) is 4.20. The van der Waals surface area contributed by atoms with Crippen molar-refractivity contribution in [1.82, 2.24) is 9.62 Å². The smallest absolute Gasteiger partial charge is 0.238 e. The van der Waals surface area contributed by atoms with Gasteiger partial charge in [-0.2, -0.15) is 4.31 Å². The van der Waals surface area contributed by atoms with Crippen LogP contribution in [-0.4, -0.2) is 44.6 Å². The predicted molar refractivity (Wildman–Crippen MR) is 84.0 cm³/mol. The van der Waals surface area contributed by atoms with Crippen molar-refractivity contribution in [1.29, 1.82) is 0 Å². The lowest BCUT2D eigenvalue weighted by Gasteiger charge is -2.32. The summed E-state index contributed by atoms with van der Waals surface area (Å²) < 4.78 is 29.9. The second-order valence-corrected chi connectivity index (χ2v) is 7.39. The SMILES string of the molecule is COc1ccc(CNC(=O)C2CCCCN2S(C)(=O)=O)cc1. The van der Waals surface area contributed by atoms with E-state index in [2.05, 4.69) is 5.32 Å². The van der Waals surface area contributed by atoms with Gasteiger partial charge in [0.05, 0.1) is 13.4 Å². The average Bonchev–Trinajstić information content (AvgIpc) is 2.52. The fraction of sp³-hybridized carbons (Fsp3) is 0.533. The Balaban J connectivity index is 1.97. The van der Waals surface area contributed by atoms with Gasteiger partial charge < -0.3 is 10.1 Å². The molecule has 1 unspecified atom stereocenters. The van der Waals surface area contributed by atoms with Crippen LogP contribution >= 0.6 is 0 Å². The molecule has 1 saturated heterocycles. The summed E-state index contributed by atoms with van der Waals surface area (Å²) in [6.45, 7) is 0.788. The van der Waals surface area contributed by atoms with E-state index in [1.54, 1.807) is 7.11 Å². The van der Waals surface area contributed by atoms with Gasteiger partial charge in [0, 0.05) is 13.1 Å². The Kier molecular flexibility index (Phi) is 5.42. The maximum Gasteiger partial charge on any atom is 0.238 e. The highest BCUT2D eigenvalue weighted by Crippen LogP contribution is 2.20. The number of methoxy groups -OCH3 is 1. The number of benzene rings is 1. The van der Waals surface area contributed by atoms with Crippen LogP contribution in [0.25, 0.3) is 0 Å². The van der Waals surface area contributed by atoms with Crippen molar-refractivity contribution >= 4 is 15.9 Å². The van der Waals surface area contributed by atoms with Gasteiger partial charge in [-0.3, -0.25) is 4.79 Å². The molecule has 0 spiro atoms. The number of piperidine rings is 1. The van der Waals surface area contributed by atoms with Crippen molar-refractivity contribution in [2.24, 2.45) is 0 Å². The molecule has 1 aromatic carbocycles. The number of hydrogen-bond acceptors (Lipinski definition) is 4. The molecule has 1 aliphatic heterocycles. The Morgan fingerprint density at radius 1 is 1.32 bits per heavy atom. The number of nitrogens with zero attached hydrogens (tertiary/aromatic N) is 1. The number of ether oxygens (including phenoxy) is 1. The largest absolute Gasteiger partial charge is 0.497 e. The number of sulfonamides is 1. The Bertz CT molecular complexity index is 613. The number of carbonyl (C=O) groups is 1. The monoisotopic (exact) mass is 326 g/mol. The highest BCUT2D eigenvalue weighted by atomic mass is 32.2. The second-order valence-electron chi connectivity index (χ2n) is 5.45. The summed E-state index contributed by atoms with van der Waals surface area (Å²) >= 11 is 0. The van der Waals surface area contributed by atoms with Crippen LogP contribution < -0.4 is 10.1 Å². The molecule has 122 valence electrons.